The van der Waals surface area contributed by atoms with E-state index in [1.54, 1.807) is 18.3 Å². The van der Waals surface area contributed by atoms with Crippen molar-refractivity contribution >= 4 is 5.96 Å². The van der Waals surface area contributed by atoms with Crippen LogP contribution in [0.5, 0.6) is 0 Å². The lowest BCUT2D eigenvalue weighted by atomic mass is 10.1. The first kappa shape index (κ1) is 20.5. The Morgan fingerprint density at radius 2 is 1.97 bits per heavy atom. The Bertz CT molecular complexity index is 925. The van der Waals surface area contributed by atoms with E-state index in [4.69, 9.17) is 0 Å². The summed E-state index contributed by atoms with van der Waals surface area (Å²) in [6, 6.07) is 15.8. The Hall–Kier alpha value is -3.19. The van der Waals surface area contributed by atoms with Crippen LogP contribution in [0.15, 0.2) is 72.0 Å². The second-order valence-electron chi connectivity index (χ2n) is 6.70. The second-order valence-corrected chi connectivity index (χ2v) is 6.70. The molecule has 1 heterocycles. The molecule has 0 saturated carbocycles. The molecular weight excluding hydrogens is 369 g/mol. The third kappa shape index (κ3) is 5.65. The third-order valence-electron chi connectivity index (χ3n) is 4.51. The molecule has 0 saturated heterocycles. The van der Waals surface area contributed by atoms with E-state index < -0.39 is 6.10 Å². The minimum Gasteiger partial charge on any atom is -0.386 e. The molecule has 0 spiro atoms. The molecule has 3 aromatic rings. The normalized spacial score (nSPS) is 13.7. The largest absolute Gasteiger partial charge is 0.386 e. The number of halogens is 1. The van der Waals surface area contributed by atoms with Crippen LogP contribution in [0.25, 0.3) is 5.69 Å². The standard InChI is InChI=1S/C22H26FN5O/c1-3-24-22(25-15-21(29)17-8-10-19(23)11-9-17)27-16(2)18-6-4-7-20(14-18)28-13-5-12-26-28/h4-14,16,21,29H,3,15H2,1-2H3,(H2,24,25,27). The number of aliphatic imine (C=N–C) groups is 1. The Morgan fingerprint density at radius 1 is 1.17 bits per heavy atom. The van der Waals surface area contributed by atoms with Gasteiger partial charge in [0.2, 0.25) is 0 Å². The smallest absolute Gasteiger partial charge is 0.191 e. The molecule has 6 nitrogen and oxygen atoms in total. The first-order valence-electron chi connectivity index (χ1n) is 9.65. The predicted molar refractivity (Wildman–Crippen MR) is 112 cm³/mol. The minimum atomic E-state index is -0.801. The fourth-order valence-corrected chi connectivity index (χ4v) is 2.93. The van der Waals surface area contributed by atoms with E-state index in [2.05, 4.69) is 26.8 Å². The van der Waals surface area contributed by atoms with Crippen molar-refractivity contribution in [1.29, 1.82) is 0 Å². The van der Waals surface area contributed by atoms with E-state index in [0.717, 1.165) is 11.3 Å². The number of nitrogens with one attached hydrogen (secondary N) is 2. The molecule has 152 valence electrons. The highest BCUT2D eigenvalue weighted by atomic mass is 19.1. The third-order valence-corrected chi connectivity index (χ3v) is 4.51. The van der Waals surface area contributed by atoms with E-state index in [9.17, 15) is 9.50 Å². The van der Waals surface area contributed by atoms with Gasteiger partial charge in [0.15, 0.2) is 5.96 Å². The van der Waals surface area contributed by atoms with Crippen molar-refractivity contribution in [2.45, 2.75) is 26.0 Å². The number of aliphatic hydroxyl groups is 1. The van der Waals surface area contributed by atoms with Gasteiger partial charge in [0, 0.05) is 18.9 Å². The molecule has 3 rings (SSSR count). The van der Waals surface area contributed by atoms with Crippen LogP contribution in [0.1, 0.15) is 37.1 Å². The second kappa shape index (κ2) is 9.84. The molecule has 7 heteroatoms. The summed E-state index contributed by atoms with van der Waals surface area (Å²) in [6.45, 7) is 4.89. The predicted octanol–water partition coefficient (Wildman–Crippen LogP) is 3.36. The highest BCUT2D eigenvalue weighted by Crippen LogP contribution is 2.17. The summed E-state index contributed by atoms with van der Waals surface area (Å²) in [7, 11) is 0. The Kier molecular flexibility index (Phi) is 6.97. The van der Waals surface area contributed by atoms with E-state index in [0.29, 0.717) is 18.1 Å². The summed E-state index contributed by atoms with van der Waals surface area (Å²) in [5.41, 5.74) is 2.70. The van der Waals surface area contributed by atoms with Crippen LogP contribution in [-0.2, 0) is 0 Å². The fraction of sp³-hybridized carbons (Fsp3) is 0.273. The quantitative estimate of drug-likeness (QED) is 0.424. The molecule has 0 amide bonds. The molecule has 0 aliphatic rings. The highest BCUT2D eigenvalue weighted by molar-refractivity contribution is 5.80. The lowest BCUT2D eigenvalue weighted by Gasteiger charge is -2.19. The molecule has 0 fully saturated rings. The van der Waals surface area contributed by atoms with Gasteiger partial charge in [0.1, 0.15) is 5.82 Å². The highest BCUT2D eigenvalue weighted by Gasteiger charge is 2.11. The number of hydrogen-bond acceptors (Lipinski definition) is 3. The van der Waals surface area contributed by atoms with Gasteiger partial charge < -0.3 is 15.7 Å². The minimum absolute atomic E-state index is 0.00808. The number of guanidine groups is 1. The van der Waals surface area contributed by atoms with Gasteiger partial charge in [0.25, 0.3) is 0 Å². The number of benzene rings is 2. The molecule has 2 unspecified atom stereocenters. The van der Waals surface area contributed by atoms with Crippen molar-refractivity contribution in [3.8, 4) is 5.69 Å². The van der Waals surface area contributed by atoms with Crippen molar-refractivity contribution in [3.63, 3.8) is 0 Å². The van der Waals surface area contributed by atoms with Crippen LogP contribution in [0.2, 0.25) is 0 Å². The van der Waals surface area contributed by atoms with Crippen LogP contribution in [-0.4, -0.2) is 33.9 Å². The SMILES string of the molecule is CCNC(=NCC(O)c1ccc(F)cc1)NC(C)c1cccc(-n2cccn2)c1. The number of nitrogens with zero attached hydrogens (tertiary/aromatic N) is 3. The summed E-state index contributed by atoms with van der Waals surface area (Å²) >= 11 is 0. The zero-order valence-electron chi connectivity index (χ0n) is 16.6. The molecule has 0 radical (unpaired) electrons. The Labute approximate surface area is 170 Å². The van der Waals surface area contributed by atoms with Gasteiger partial charge >= 0.3 is 0 Å². The molecule has 0 bridgehead atoms. The van der Waals surface area contributed by atoms with Crippen LogP contribution < -0.4 is 10.6 Å². The zero-order valence-corrected chi connectivity index (χ0v) is 16.6. The van der Waals surface area contributed by atoms with Gasteiger partial charge in [-0.3, -0.25) is 4.99 Å². The maximum Gasteiger partial charge on any atom is 0.191 e. The van der Waals surface area contributed by atoms with Gasteiger partial charge in [-0.25, -0.2) is 9.07 Å². The molecule has 0 aliphatic carbocycles. The van der Waals surface area contributed by atoms with Gasteiger partial charge in [0.05, 0.1) is 24.4 Å². The maximum absolute atomic E-state index is 13.1. The van der Waals surface area contributed by atoms with Gasteiger partial charge in [-0.2, -0.15) is 5.10 Å². The molecule has 2 aromatic carbocycles. The van der Waals surface area contributed by atoms with Crippen LogP contribution >= 0.6 is 0 Å². The molecule has 3 N–H and O–H groups in total. The van der Waals surface area contributed by atoms with Crippen LogP contribution in [0.4, 0.5) is 4.39 Å². The number of hydrogen-bond donors (Lipinski definition) is 3. The molecule has 0 aliphatic heterocycles. The van der Waals surface area contributed by atoms with Crippen molar-refractivity contribution < 1.29 is 9.50 Å². The van der Waals surface area contributed by atoms with Crippen molar-refractivity contribution in [3.05, 3.63) is 83.9 Å². The Morgan fingerprint density at radius 3 is 2.66 bits per heavy atom. The number of aromatic nitrogens is 2. The summed E-state index contributed by atoms with van der Waals surface area (Å²) in [6.07, 6.45) is 2.85. The number of aliphatic hydroxyl groups excluding tert-OH is 1. The van der Waals surface area contributed by atoms with Gasteiger partial charge in [-0.15, -0.1) is 0 Å². The lowest BCUT2D eigenvalue weighted by Crippen LogP contribution is -2.39. The Balaban J connectivity index is 1.68. The van der Waals surface area contributed by atoms with Crippen LogP contribution in [0.3, 0.4) is 0 Å². The molecule has 2 atom stereocenters. The van der Waals surface area contributed by atoms with Crippen molar-refractivity contribution in [2.75, 3.05) is 13.1 Å². The summed E-state index contributed by atoms with van der Waals surface area (Å²) in [5.74, 6) is 0.274. The van der Waals surface area contributed by atoms with Crippen molar-refractivity contribution in [2.24, 2.45) is 4.99 Å². The summed E-state index contributed by atoms with van der Waals surface area (Å²) < 4.78 is 14.9. The average Bonchev–Trinajstić information content (AvgIpc) is 3.27. The van der Waals surface area contributed by atoms with Gasteiger partial charge in [-0.05, 0) is 55.3 Å². The van der Waals surface area contributed by atoms with E-state index in [1.807, 2.05) is 49.0 Å². The lowest BCUT2D eigenvalue weighted by molar-refractivity contribution is 0.187. The summed E-state index contributed by atoms with van der Waals surface area (Å²) in [5, 5.41) is 21.1. The topological polar surface area (TPSA) is 74.5 Å². The summed E-state index contributed by atoms with van der Waals surface area (Å²) in [4.78, 5) is 4.48. The van der Waals surface area contributed by atoms with Crippen molar-refractivity contribution in [1.82, 2.24) is 20.4 Å². The van der Waals surface area contributed by atoms with E-state index in [-0.39, 0.29) is 18.4 Å². The maximum atomic E-state index is 13.1. The van der Waals surface area contributed by atoms with E-state index in [1.165, 1.54) is 12.1 Å². The first-order valence-corrected chi connectivity index (χ1v) is 9.65. The van der Waals surface area contributed by atoms with Gasteiger partial charge in [-0.1, -0.05) is 24.3 Å². The zero-order chi connectivity index (χ0) is 20.6. The molecule has 1 aromatic heterocycles. The first-order chi connectivity index (χ1) is 14.1. The van der Waals surface area contributed by atoms with E-state index >= 15 is 0 Å². The monoisotopic (exact) mass is 395 g/mol. The number of rotatable bonds is 7. The molecular formula is C22H26FN5O. The fourth-order valence-electron chi connectivity index (χ4n) is 2.93. The molecule has 29 heavy (non-hydrogen) atoms. The average molecular weight is 395 g/mol. The van der Waals surface area contributed by atoms with Crippen LogP contribution in [0, 0.1) is 5.82 Å².